The lowest BCUT2D eigenvalue weighted by atomic mass is 9.64. The van der Waals surface area contributed by atoms with E-state index in [4.69, 9.17) is 14.5 Å². The summed E-state index contributed by atoms with van der Waals surface area (Å²) in [5, 5.41) is 10.5. The topological polar surface area (TPSA) is 68.1 Å². The quantitative estimate of drug-likeness (QED) is 0.681. The molecule has 1 aromatic carbocycles. The van der Waals surface area contributed by atoms with Gasteiger partial charge in [-0.2, -0.15) is 0 Å². The van der Waals surface area contributed by atoms with Gasteiger partial charge in [0, 0.05) is 35.5 Å². The van der Waals surface area contributed by atoms with Crippen molar-refractivity contribution in [3.8, 4) is 0 Å². The monoisotopic (exact) mass is 435 g/mol. The highest BCUT2D eigenvalue weighted by atomic mass is 16.5. The number of rotatable bonds is 4. The summed E-state index contributed by atoms with van der Waals surface area (Å²) in [6.07, 6.45) is 8.08. The molecule has 170 valence electrons. The number of aryl methyl sites for hydroxylation is 1. The largest absolute Gasteiger partial charge is 0.493 e. The van der Waals surface area contributed by atoms with Gasteiger partial charge in [0.25, 0.3) is 0 Å². The molecule has 1 spiro atoms. The standard InChI is InChI=1S/C27H33NO4/c1-16-7-9-18(10-8-16)25(30)17(2)12-19-15-27-11-5-4-6-23(27)32-22-14-20(29)13-21(24(22)27)28-26(19)31-3/h7-10,15,17,20-21,23,29H,4-6,11-14H2,1-3H3/t17?,20-,21+,23+,27?/m1/s1. The molecule has 5 nitrogen and oxygen atoms in total. The van der Waals surface area contributed by atoms with Gasteiger partial charge in [0.05, 0.1) is 24.7 Å². The lowest BCUT2D eigenvalue weighted by Gasteiger charge is -2.39. The van der Waals surface area contributed by atoms with E-state index in [0.717, 1.165) is 48.1 Å². The maximum Gasteiger partial charge on any atom is 0.211 e. The number of aliphatic imine (C=N–C) groups is 1. The van der Waals surface area contributed by atoms with Crippen molar-refractivity contribution < 1.29 is 19.4 Å². The number of ether oxygens (including phenoxy) is 2. The highest BCUT2D eigenvalue weighted by molar-refractivity contribution is 6.00. The van der Waals surface area contributed by atoms with Crippen molar-refractivity contribution in [2.24, 2.45) is 16.3 Å². The van der Waals surface area contributed by atoms with Crippen LogP contribution in [0.3, 0.4) is 0 Å². The lowest BCUT2D eigenvalue weighted by molar-refractivity contribution is 0.0390. The number of carbonyl (C=O) groups is 1. The summed E-state index contributed by atoms with van der Waals surface area (Å²) in [6, 6.07) is 7.67. The van der Waals surface area contributed by atoms with Crippen LogP contribution in [0.1, 0.15) is 67.8 Å². The van der Waals surface area contributed by atoms with Gasteiger partial charge in [-0.15, -0.1) is 0 Å². The molecule has 4 aliphatic rings. The smallest absolute Gasteiger partial charge is 0.211 e. The summed E-state index contributed by atoms with van der Waals surface area (Å²) in [7, 11) is 1.65. The molecule has 1 saturated carbocycles. The Hall–Kier alpha value is -2.40. The number of hydrogen-bond donors (Lipinski definition) is 1. The Balaban J connectivity index is 1.52. The number of aliphatic hydroxyl groups is 1. The van der Waals surface area contributed by atoms with Gasteiger partial charge in [0.15, 0.2) is 5.78 Å². The molecule has 0 bridgehead atoms. The zero-order valence-electron chi connectivity index (χ0n) is 19.3. The molecular weight excluding hydrogens is 402 g/mol. The minimum absolute atomic E-state index is 0.0959. The SMILES string of the molecule is COC1=N[C@H]2C[C@@H](O)CC3=C2C2(C=C1CC(C)C(=O)c1ccc(C)cc1)CCCC[C@@H]2O3. The zero-order chi connectivity index (χ0) is 22.5. The molecule has 2 aliphatic heterocycles. The van der Waals surface area contributed by atoms with Crippen molar-refractivity contribution in [3.05, 3.63) is 58.4 Å². The molecule has 5 atom stereocenters. The third kappa shape index (κ3) is 3.51. The van der Waals surface area contributed by atoms with Crippen molar-refractivity contribution in [1.29, 1.82) is 0 Å². The van der Waals surface area contributed by atoms with Gasteiger partial charge < -0.3 is 14.6 Å². The van der Waals surface area contributed by atoms with Crippen LogP contribution in [0.25, 0.3) is 0 Å². The van der Waals surface area contributed by atoms with Crippen molar-refractivity contribution in [2.45, 2.75) is 77.0 Å². The second-order valence-corrected chi connectivity index (χ2v) is 9.98. The first-order valence-corrected chi connectivity index (χ1v) is 11.9. The maximum absolute atomic E-state index is 13.2. The Morgan fingerprint density at radius 2 is 2.09 bits per heavy atom. The summed E-state index contributed by atoms with van der Waals surface area (Å²) < 4.78 is 12.2. The molecule has 32 heavy (non-hydrogen) atoms. The molecule has 2 unspecified atom stereocenters. The van der Waals surface area contributed by atoms with Crippen molar-refractivity contribution >= 4 is 11.7 Å². The number of nitrogens with zero attached hydrogens (tertiary/aromatic N) is 1. The van der Waals surface area contributed by atoms with E-state index in [1.54, 1.807) is 7.11 Å². The third-order valence-corrected chi connectivity index (χ3v) is 7.70. The van der Waals surface area contributed by atoms with Gasteiger partial charge in [-0.3, -0.25) is 4.79 Å². The van der Waals surface area contributed by atoms with Crippen LogP contribution in [0, 0.1) is 18.3 Å². The van der Waals surface area contributed by atoms with E-state index < -0.39 is 6.10 Å². The number of hydrogen-bond acceptors (Lipinski definition) is 5. The minimum atomic E-state index is -0.443. The highest BCUT2D eigenvalue weighted by Gasteiger charge is 2.55. The van der Waals surface area contributed by atoms with Crippen molar-refractivity contribution in [1.82, 2.24) is 0 Å². The van der Waals surface area contributed by atoms with Crippen LogP contribution in [0.2, 0.25) is 0 Å². The fourth-order valence-corrected chi connectivity index (χ4v) is 6.17. The Bertz CT molecular complexity index is 1000. The number of benzene rings is 1. The van der Waals surface area contributed by atoms with Crippen LogP contribution >= 0.6 is 0 Å². The van der Waals surface area contributed by atoms with Crippen LogP contribution in [-0.2, 0) is 9.47 Å². The third-order valence-electron chi connectivity index (χ3n) is 7.70. The average molecular weight is 436 g/mol. The molecule has 1 aromatic rings. The second-order valence-electron chi connectivity index (χ2n) is 9.98. The summed E-state index contributed by atoms with van der Waals surface area (Å²) in [6.45, 7) is 4.02. The van der Waals surface area contributed by atoms with E-state index in [-0.39, 0.29) is 29.3 Å². The average Bonchev–Trinajstić information content (AvgIpc) is 3.03. The van der Waals surface area contributed by atoms with Gasteiger partial charge in [-0.05, 0) is 32.6 Å². The van der Waals surface area contributed by atoms with Gasteiger partial charge in [0.2, 0.25) is 5.90 Å². The molecule has 2 heterocycles. The van der Waals surface area contributed by atoms with Gasteiger partial charge in [-0.25, -0.2) is 4.99 Å². The Morgan fingerprint density at radius 3 is 2.84 bits per heavy atom. The van der Waals surface area contributed by atoms with Gasteiger partial charge in [0.1, 0.15) is 11.9 Å². The molecule has 5 heteroatoms. The Labute approximate surface area is 190 Å². The molecule has 0 amide bonds. The van der Waals surface area contributed by atoms with Crippen molar-refractivity contribution in [3.63, 3.8) is 0 Å². The highest BCUT2D eigenvalue weighted by Crippen LogP contribution is 2.57. The number of aliphatic hydroxyl groups excluding tert-OH is 1. The first-order chi connectivity index (χ1) is 15.4. The van der Waals surface area contributed by atoms with E-state index in [9.17, 15) is 9.90 Å². The summed E-state index contributed by atoms with van der Waals surface area (Å²) in [5.41, 5.74) is 3.95. The van der Waals surface area contributed by atoms with Crippen LogP contribution < -0.4 is 0 Å². The minimum Gasteiger partial charge on any atom is -0.493 e. The normalized spacial score (nSPS) is 32.1. The van der Waals surface area contributed by atoms with E-state index in [1.807, 2.05) is 38.1 Å². The maximum atomic E-state index is 13.2. The summed E-state index contributed by atoms with van der Waals surface area (Å²) in [5.74, 6) is 1.50. The number of ketones is 1. The molecular formula is C27H33NO4. The number of methoxy groups -OCH3 is 1. The first-order valence-electron chi connectivity index (χ1n) is 11.9. The fraction of sp³-hybridized carbons (Fsp3) is 0.556. The van der Waals surface area contributed by atoms with Crippen LogP contribution in [0.4, 0.5) is 0 Å². The Kier molecular flexibility index (Phi) is 5.48. The number of carbonyl (C=O) groups excluding carboxylic acids is 1. The fourth-order valence-electron chi connectivity index (χ4n) is 6.17. The van der Waals surface area contributed by atoms with Gasteiger partial charge in [-0.1, -0.05) is 49.2 Å². The number of Topliss-reactive ketones (excluding diaryl/α,β-unsaturated/α-hetero) is 1. The van der Waals surface area contributed by atoms with Crippen LogP contribution in [0.15, 0.2) is 52.2 Å². The van der Waals surface area contributed by atoms with E-state index >= 15 is 0 Å². The second kappa shape index (κ2) is 8.18. The molecule has 1 fully saturated rings. The molecule has 2 aliphatic carbocycles. The first kappa shape index (κ1) is 21.4. The van der Waals surface area contributed by atoms with E-state index in [2.05, 4.69) is 6.08 Å². The predicted molar refractivity (Wildman–Crippen MR) is 124 cm³/mol. The molecule has 0 saturated heterocycles. The lowest BCUT2D eigenvalue weighted by Crippen LogP contribution is -2.39. The van der Waals surface area contributed by atoms with E-state index in [0.29, 0.717) is 25.2 Å². The molecule has 1 N–H and O–H groups in total. The molecule has 5 rings (SSSR count). The van der Waals surface area contributed by atoms with Crippen LogP contribution in [-0.4, -0.2) is 42.1 Å². The van der Waals surface area contributed by atoms with Gasteiger partial charge >= 0.3 is 0 Å². The Morgan fingerprint density at radius 1 is 1.31 bits per heavy atom. The summed E-state index contributed by atoms with van der Waals surface area (Å²) in [4.78, 5) is 18.2. The molecule has 0 aromatic heterocycles. The summed E-state index contributed by atoms with van der Waals surface area (Å²) >= 11 is 0. The molecule has 0 radical (unpaired) electrons. The van der Waals surface area contributed by atoms with Crippen molar-refractivity contribution in [2.75, 3.05) is 7.11 Å². The predicted octanol–water partition coefficient (Wildman–Crippen LogP) is 4.93. The van der Waals surface area contributed by atoms with Crippen LogP contribution in [0.5, 0.6) is 0 Å². The van der Waals surface area contributed by atoms with E-state index in [1.165, 1.54) is 5.57 Å². The zero-order valence-corrected chi connectivity index (χ0v) is 19.3.